The smallest absolute Gasteiger partial charge is 0.264 e. The molecular weight excluding hydrogens is 224 g/mol. The number of benzene rings is 1. The van der Waals surface area contributed by atoms with Crippen LogP contribution in [0, 0.1) is 0 Å². The van der Waals surface area contributed by atoms with Crippen molar-refractivity contribution in [3.05, 3.63) is 34.9 Å². The molecule has 1 nitrogen and oxygen atoms in total. The van der Waals surface area contributed by atoms with E-state index < -0.39 is 35.3 Å². The molecule has 0 aromatic heterocycles. The van der Waals surface area contributed by atoms with Crippen LogP contribution in [0.1, 0.15) is 47.7 Å². The first-order chi connectivity index (χ1) is 7.49. The van der Waals surface area contributed by atoms with Gasteiger partial charge in [-0.3, -0.25) is 4.79 Å². The highest BCUT2D eigenvalue weighted by Crippen LogP contribution is 2.31. The minimum Gasteiger partial charge on any atom is -0.294 e. The number of carbonyl (C=O) groups excluding carboxylic acids is 1. The van der Waals surface area contributed by atoms with Crippen molar-refractivity contribution in [1.82, 2.24) is 0 Å². The average Bonchev–Trinajstić information content (AvgIpc) is 2.26. The zero-order valence-corrected chi connectivity index (χ0v) is 8.51. The molecule has 5 heteroatoms. The molecule has 0 fully saturated rings. The molecule has 0 bridgehead atoms. The number of hydrogen-bond acceptors (Lipinski definition) is 1. The molecule has 0 spiro atoms. The second-order valence-corrected chi connectivity index (χ2v) is 3.19. The minimum atomic E-state index is -2.93. The van der Waals surface area contributed by atoms with Crippen LogP contribution in [0.2, 0.25) is 0 Å². The van der Waals surface area contributed by atoms with E-state index in [2.05, 4.69) is 0 Å². The van der Waals surface area contributed by atoms with Gasteiger partial charge in [-0.15, -0.1) is 0 Å². The molecule has 0 amide bonds. The molecule has 0 aliphatic carbocycles. The largest absolute Gasteiger partial charge is 0.294 e. The van der Waals surface area contributed by atoms with E-state index in [1.165, 1.54) is 6.92 Å². The Bertz CT molecular complexity index is 361. The Labute approximate surface area is 90.1 Å². The molecule has 1 aromatic rings. The van der Waals surface area contributed by atoms with Gasteiger partial charge in [0.15, 0.2) is 5.78 Å². The van der Waals surface area contributed by atoms with Crippen LogP contribution in [0.15, 0.2) is 18.2 Å². The van der Waals surface area contributed by atoms with Gasteiger partial charge < -0.3 is 0 Å². The van der Waals surface area contributed by atoms with Crippen molar-refractivity contribution in [3.8, 4) is 0 Å². The van der Waals surface area contributed by atoms with Crippen molar-refractivity contribution in [2.75, 3.05) is 0 Å². The lowest BCUT2D eigenvalue weighted by atomic mass is 9.96. The van der Waals surface area contributed by atoms with Gasteiger partial charge in [-0.05, 0) is 0 Å². The highest BCUT2D eigenvalue weighted by molar-refractivity contribution is 5.98. The van der Waals surface area contributed by atoms with Gasteiger partial charge >= 0.3 is 0 Å². The van der Waals surface area contributed by atoms with Crippen LogP contribution in [-0.4, -0.2) is 5.78 Å². The Morgan fingerprint density at radius 2 is 1.56 bits per heavy atom. The van der Waals surface area contributed by atoms with Gasteiger partial charge in [-0.25, -0.2) is 17.6 Å². The molecule has 0 radical (unpaired) electrons. The molecule has 1 rings (SSSR count). The van der Waals surface area contributed by atoms with Crippen LogP contribution in [0.25, 0.3) is 0 Å². The second-order valence-electron chi connectivity index (χ2n) is 3.19. The summed E-state index contributed by atoms with van der Waals surface area (Å²) in [7, 11) is 0. The second kappa shape index (κ2) is 5.09. The first kappa shape index (κ1) is 12.7. The van der Waals surface area contributed by atoms with Crippen molar-refractivity contribution in [2.24, 2.45) is 0 Å². The molecule has 0 unspecified atom stereocenters. The van der Waals surface area contributed by atoms with Gasteiger partial charge in [0.05, 0.1) is 0 Å². The fourth-order valence-electron chi connectivity index (χ4n) is 1.45. The van der Waals surface area contributed by atoms with Crippen LogP contribution in [-0.2, 0) is 0 Å². The Morgan fingerprint density at radius 1 is 1.12 bits per heavy atom. The fourth-order valence-corrected chi connectivity index (χ4v) is 1.45. The summed E-state index contributed by atoms with van der Waals surface area (Å²) in [5, 5.41) is 0. The normalized spacial score (nSPS) is 11.2. The lowest BCUT2D eigenvalue weighted by molar-refractivity contribution is 0.0957. The van der Waals surface area contributed by atoms with Gasteiger partial charge in [-0.2, -0.15) is 0 Å². The predicted molar refractivity (Wildman–Crippen MR) is 51.0 cm³/mol. The van der Waals surface area contributed by atoms with E-state index in [1.54, 1.807) is 0 Å². The molecule has 88 valence electrons. The first-order valence-electron chi connectivity index (χ1n) is 4.71. The number of ketones is 1. The van der Waals surface area contributed by atoms with Gasteiger partial charge in [0.25, 0.3) is 12.9 Å². The van der Waals surface area contributed by atoms with E-state index in [-0.39, 0.29) is 6.42 Å². The van der Waals surface area contributed by atoms with Crippen LogP contribution >= 0.6 is 0 Å². The first-order valence-corrected chi connectivity index (χ1v) is 4.71. The Balaban J connectivity index is 3.41. The number of halogens is 4. The van der Waals surface area contributed by atoms with Crippen molar-refractivity contribution in [3.63, 3.8) is 0 Å². The van der Waals surface area contributed by atoms with Gasteiger partial charge in [0.1, 0.15) is 0 Å². The van der Waals surface area contributed by atoms with Crippen molar-refractivity contribution in [2.45, 2.75) is 26.2 Å². The monoisotopic (exact) mass is 234 g/mol. The zero-order chi connectivity index (χ0) is 12.3. The lowest BCUT2D eigenvalue weighted by Crippen LogP contribution is -2.08. The summed E-state index contributed by atoms with van der Waals surface area (Å²) < 4.78 is 50.3. The number of Topliss-reactive ketones (excluding diaryl/α,β-unsaturated/α-hetero) is 1. The third kappa shape index (κ3) is 2.40. The fraction of sp³-hybridized carbons (Fsp3) is 0.364. The number of alkyl halides is 4. The van der Waals surface area contributed by atoms with Crippen molar-refractivity contribution in [1.29, 1.82) is 0 Å². The quantitative estimate of drug-likeness (QED) is 0.564. The maximum absolute atomic E-state index is 12.6. The van der Waals surface area contributed by atoms with E-state index in [1.807, 2.05) is 0 Å². The van der Waals surface area contributed by atoms with Crippen LogP contribution in [0.4, 0.5) is 17.6 Å². The van der Waals surface area contributed by atoms with Gasteiger partial charge in [0, 0.05) is 23.1 Å². The summed E-state index contributed by atoms with van der Waals surface area (Å²) in [5.41, 5.74) is -1.77. The molecule has 0 saturated heterocycles. The average molecular weight is 234 g/mol. The molecule has 16 heavy (non-hydrogen) atoms. The molecule has 0 saturated carbocycles. The molecule has 0 atom stereocenters. The zero-order valence-electron chi connectivity index (χ0n) is 8.51. The molecule has 0 aliphatic rings. The maximum atomic E-state index is 12.6. The van der Waals surface area contributed by atoms with E-state index >= 15 is 0 Å². The molecule has 0 heterocycles. The topological polar surface area (TPSA) is 17.1 Å². The van der Waals surface area contributed by atoms with Crippen LogP contribution in [0.3, 0.4) is 0 Å². The summed E-state index contributed by atoms with van der Waals surface area (Å²) in [6.45, 7) is 1.44. The highest BCUT2D eigenvalue weighted by atomic mass is 19.3. The van der Waals surface area contributed by atoms with Crippen LogP contribution in [0.5, 0.6) is 0 Å². The highest BCUT2D eigenvalue weighted by Gasteiger charge is 2.24. The van der Waals surface area contributed by atoms with E-state index in [0.29, 0.717) is 0 Å². The van der Waals surface area contributed by atoms with E-state index in [4.69, 9.17) is 0 Å². The van der Waals surface area contributed by atoms with Crippen molar-refractivity contribution >= 4 is 5.78 Å². The summed E-state index contributed by atoms with van der Waals surface area (Å²) >= 11 is 0. The summed E-state index contributed by atoms with van der Waals surface area (Å²) in [6.07, 6.45) is -5.93. The van der Waals surface area contributed by atoms with Crippen molar-refractivity contribution < 1.29 is 22.4 Å². The summed E-state index contributed by atoms with van der Waals surface area (Å²) in [5.74, 6) is -0.689. The standard InChI is InChI=1S/C11H10F4O/c1-2-8(16)9-6(10(12)13)4-3-5-7(9)11(14)15/h3-5,10-11H,2H2,1H3. The Hall–Kier alpha value is -1.39. The minimum absolute atomic E-state index is 0.0799. The van der Waals surface area contributed by atoms with Gasteiger partial charge in [0.2, 0.25) is 0 Å². The SMILES string of the molecule is CCC(=O)c1c(C(F)F)cccc1C(F)F. The molecular formula is C11H10F4O. The third-order valence-electron chi connectivity index (χ3n) is 2.20. The van der Waals surface area contributed by atoms with Crippen LogP contribution < -0.4 is 0 Å². The Kier molecular flexibility index (Phi) is 4.04. The number of carbonyl (C=O) groups is 1. The molecule has 1 aromatic carbocycles. The number of hydrogen-bond donors (Lipinski definition) is 0. The van der Waals surface area contributed by atoms with E-state index in [9.17, 15) is 22.4 Å². The van der Waals surface area contributed by atoms with E-state index in [0.717, 1.165) is 18.2 Å². The predicted octanol–water partition coefficient (Wildman–Crippen LogP) is 4.15. The molecule has 0 N–H and O–H groups in total. The molecule has 0 aliphatic heterocycles. The lowest BCUT2D eigenvalue weighted by Gasteiger charge is -2.12. The summed E-state index contributed by atoms with van der Waals surface area (Å²) in [4.78, 5) is 11.4. The third-order valence-corrected chi connectivity index (χ3v) is 2.20. The summed E-state index contributed by atoms with van der Waals surface area (Å²) in [6, 6.07) is 3.11. The maximum Gasteiger partial charge on any atom is 0.264 e. The number of rotatable bonds is 4. The Morgan fingerprint density at radius 3 is 1.88 bits per heavy atom. The van der Waals surface area contributed by atoms with Gasteiger partial charge in [-0.1, -0.05) is 25.1 Å².